The Morgan fingerprint density at radius 2 is 2.05 bits per heavy atom. The first-order valence-corrected chi connectivity index (χ1v) is 6.59. The molecule has 112 valence electrons. The SMILES string of the molecule is NCC(=O)N(C(=O)C1CCCN1)c1ccc([N+](=O)[O-])cc1. The molecule has 1 atom stereocenters. The molecule has 1 aliphatic heterocycles. The molecule has 1 aromatic rings. The normalized spacial score (nSPS) is 17.5. The van der Waals surface area contributed by atoms with Gasteiger partial charge in [0.15, 0.2) is 0 Å². The lowest BCUT2D eigenvalue weighted by atomic mass is 10.1. The Kier molecular flexibility index (Phi) is 4.61. The van der Waals surface area contributed by atoms with Gasteiger partial charge in [0.1, 0.15) is 0 Å². The van der Waals surface area contributed by atoms with E-state index in [2.05, 4.69) is 5.32 Å². The second-order valence-corrected chi connectivity index (χ2v) is 4.69. The van der Waals surface area contributed by atoms with E-state index in [1.54, 1.807) is 0 Å². The molecule has 1 fully saturated rings. The quantitative estimate of drug-likeness (QED) is 0.603. The standard InChI is InChI=1S/C13H16N4O4/c14-8-12(18)16(13(19)11-2-1-7-15-11)9-3-5-10(6-4-9)17(20)21/h3-6,11,15H,1-2,7-8,14H2. The van der Waals surface area contributed by atoms with Gasteiger partial charge in [-0.15, -0.1) is 0 Å². The number of hydrogen-bond acceptors (Lipinski definition) is 6. The molecule has 0 aromatic heterocycles. The zero-order chi connectivity index (χ0) is 15.4. The second-order valence-electron chi connectivity index (χ2n) is 4.69. The Balaban J connectivity index is 2.28. The third kappa shape index (κ3) is 3.23. The molecule has 3 N–H and O–H groups in total. The van der Waals surface area contributed by atoms with E-state index in [-0.39, 0.29) is 23.8 Å². The summed E-state index contributed by atoms with van der Waals surface area (Å²) in [5.74, 6) is -0.917. The van der Waals surface area contributed by atoms with Crippen molar-refractivity contribution >= 4 is 23.2 Å². The number of imide groups is 1. The highest BCUT2D eigenvalue weighted by Gasteiger charge is 2.31. The van der Waals surface area contributed by atoms with E-state index >= 15 is 0 Å². The highest BCUT2D eigenvalue weighted by Crippen LogP contribution is 2.21. The Morgan fingerprint density at radius 1 is 1.38 bits per heavy atom. The molecule has 0 aliphatic carbocycles. The summed E-state index contributed by atoms with van der Waals surface area (Å²) >= 11 is 0. The van der Waals surface area contributed by atoms with Crippen molar-refractivity contribution in [1.82, 2.24) is 5.32 Å². The number of nitro benzene ring substituents is 1. The fourth-order valence-corrected chi connectivity index (χ4v) is 2.26. The summed E-state index contributed by atoms with van der Waals surface area (Å²) in [5, 5.41) is 13.7. The number of rotatable bonds is 4. The Bertz CT molecular complexity index is 552. The average Bonchev–Trinajstić information content (AvgIpc) is 3.02. The molecule has 8 nitrogen and oxygen atoms in total. The van der Waals surface area contributed by atoms with Gasteiger partial charge in [-0.05, 0) is 31.5 Å². The van der Waals surface area contributed by atoms with Crippen LogP contribution in [0, 0.1) is 10.1 Å². The van der Waals surface area contributed by atoms with Crippen LogP contribution in [-0.2, 0) is 9.59 Å². The van der Waals surface area contributed by atoms with Crippen LogP contribution >= 0.6 is 0 Å². The van der Waals surface area contributed by atoms with Crippen molar-refractivity contribution in [2.24, 2.45) is 5.73 Å². The van der Waals surface area contributed by atoms with Gasteiger partial charge in [-0.3, -0.25) is 19.7 Å². The average molecular weight is 292 g/mol. The van der Waals surface area contributed by atoms with Crippen molar-refractivity contribution in [3.8, 4) is 0 Å². The Labute approximate surface area is 121 Å². The Hall–Kier alpha value is -2.32. The Morgan fingerprint density at radius 3 is 2.52 bits per heavy atom. The molecule has 2 rings (SSSR count). The lowest BCUT2D eigenvalue weighted by molar-refractivity contribution is -0.384. The van der Waals surface area contributed by atoms with Crippen molar-refractivity contribution in [2.75, 3.05) is 18.0 Å². The summed E-state index contributed by atoms with van der Waals surface area (Å²) in [5.41, 5.74) is 5.53. The number of nitrogens with zero attached hydrogens (tertiary/aromatic N) is 2. The van der Waals surface area contributed by atoms with Gasteiger partial charge in [-0.2, -0.15) is 0 Å². The zero-order valence-corrected chi connectivity index (χ0v) is 11.3. The van der Waals surface area contributed by atoms with Crippen molar-refractivity contribution in [3.63, 3.8) is 0 Å². The molecule has 0 saturated carbocycles. The van der Waals surface area contributed by atoms with Gasteiger partial charge < -0.3 is 11.1 Å². The molecule has 0 spiro atoms. The highest BCUT2D eigenvalue weighted by atomic mass is 16.6. The molecule has 0 bridgehead atoms. The molecule has 1 aliphatic rings. The van der Waals surface area contributed by atoms with Crippen LogP contribution < -0.4 is 16.0 Å². The summed E-state index contributed by atoms with van der Waals surface area (Å²) in [6.45, 7) is 0.413. The van der Waals surface area contributed by atoms with E-state index < -0.39 is 16.9 Å². The number of nitrogens with one attached hydrogen (secondary N) is 1. The van der Waals surface area contributed by atoms with Crippen LogP contribution in [-0.4, -0.2) is 35.9 Å². The predicted octanol–water partition coefficient (Wildman–Crippen LogP) is 0.165. The highest BCUT2D eigenvalue weighted by molar-refractivity contribution is 6.17. The van der Waals surface area contributed by atoms with Gasteiger partial charge >= 0.3 is 0 Å². The molecule has 2 amide bonds. The minimum atomic E-state index is -0.542. The van der Waals surface area contributed by atoms with Crippen LogP contribution in [0.15, 0.2) is 24.3 Å². The third-order valence-electron chi connectivity index (χ3n) is 3.32. The molecular weight excluding hydrogens is 276 g/mol. The fraction of sp³-hybridized carbons (Fsp3) is 0.385. The van der Waals surface area contributed by atoms with Crippen LogP contribution in [0.25, 0.3) is 0 Å². The predicted molar refractivity (Wildman–Crippen MR) is 75.7 cm³/mol. The van der Waals surface area contributed by atoms with Gasteiger partial charge in [0.05, 0.1) is 23.2 Å². The molecule has 1 heterocycles. The lowest BCUT2D eigenvalue weighted by Gasteiger charge is -2.23. The number of nitro groups is 1. The van der Waals surface area contributed by atoms with E-state index in [4.69, 9.17) is 5.73 Å². The summed E-state index contributed by atoms with van der Waals surface area (Å²) in [4.78, 5) is 35.5. The van der Waals surface area contributed by atoms with Crippen LogP contribution in [0.4, 0.5) is 11.4 Å². The maximum absolute atomic E-state index is 12.4. The minimum absolute atomic E-state index is 0.106. The van der Waals surface area contributed by atoms with E-state index in [9.17, 15) is 19.7 Å². The first-order valence-electron chi connectivity index (χ1n) is 6.59. The molecular formula is C13H16N4O4. The first kappa shape index (κ1) is 15.1. The number of benzene rings is 1. The number of nitrogens with two attached hydrogens (primary N) is 1. The van der Waals surface area contributed by atoms with Gasteiger partial charge in [0.25, 0.3) is 11.6 Å². The minimum Gasteiger partial charge on any atom is -0.322 e. The van der Waals surface area contributed by atoms with Crippen LogP contribution in [0.5, 0.6) is 0 Å². The molecule has 1 aromatic carbocycles. The van der Waals surface area contributed by atoms with E-state index in [0.717, 1.165) is 17.9 Å². The topological polar surface area (TPSA) is 119 Å². The van der Waals surface area contributed by atoms with Crippen molar-refractivity contribution < 1.29 is 14.5 Å². The monoisotopic (exact) mass is 292 g/mol. The first-order chi connectivity index (χ1) is 10.0. The number of non-ortho nitro benzene ring substituents is 1. The third-order valence-corrected chi connectivity index (χ3v) is 3.32. The van der Waals surface area contributed by atoms with Crippen molar-refractivity contribution in [2.45, 2.75) is 18.9 Å². The number of hydrogen-bond donors (Lipinski definition) is 2. The van der Waals surface area contributed by atoms with Crippen LogP contribution in [0.3, 0.4) is 0 Å². The summed E-state index contributed by atoms with van der Waals surface area (Å²) in [6.07, 6.45) is 1.52. The number of carbonyl (C=O) groups is 2. The fourth-order valence-electron chi connectivity index (χ4n) is 2.26. The number of amides is 2. The van der Waals surface area contributed by atoms with Gasteiger partial charge in [0.2, 0.25) is 5.91 Å². The van der Waals surface area contributed by atoms with E-state index in [1.165, 1.54) is 24.3 Å². The maximum Gasteiger partial charge on any atom is 0.269 e. The van der Waals surface area contributed by atoms with Gasteiger partial charge in [-0.1, -0.05) is 0 Å². The molecule has 21 heavy (non-hydrogen) atoms. The van der Waals surface area contributed by atoms with Crippen molar-refractivity contribution in [1.29, 1.82) is 0 Å². The maximum atomic E-state index is 12.4. The van der Waals surface area contributed by atoms with E-state index in [0.29, 0.717) is 6.42 Å². The number of anilines is 1. The van der Waals surface area contributed by atoms with E-state index in [1.807, 2.05) is 0 Å². The molecule has 1 unspecified atom stereocenters. The molecule has 1 saturated heterocycles. The summed E-state index contributed by atoms with van der Waals surface area (Å²) < 4.78 is 0. The number of carbonyl (C=O) groups excluding carboxylic acids is 2. The van der Waals surface area contributed by atoms with Crippen LogP contribution in [0.2, 0.25) is 0 Å². The second kappa shape index (κ2) is 6.42. The van der Waals surface area contributed by atoms with Crippen LogP contribution in [0.1, 0.15) is 12.8 Å². The smallest absolute Gasteiger partial charge is 0.269 e. The lowest BCUT2D eigenvalue weighted by Crippen LogP contribution is -2.48. The molecule has 0 radical (unpaired) electrons. The summed E-state index contributed by atoms with van der Waals surface area (Å²) in [6, 6.07) is 4.83. The van der Waals surface area contributed by atoms with Crippen molar-refractivity contribution in [3.05, 3.63) is 34.4 Å². The summed E-state index contributed by atoms with van der Waals surface area (Å²) in [7, 11) is 0. The van der Waals surface area contributed by atoms with Gasteiger partial charge in [-0.25, -0.2) is 4.90 Å². The molecule has 8 heteroatoms. The van der Waals surface area contributed by atoms with Gasteiger partial charge in [0, 0.05) is 12.1 Å². The zero-order valence-electron chi connectivity index (χ0n) is 11.3. The largest absolute Gasteiger partial charge is 0.322 e.